The van der Waals surface area contributed by atoms with E-state index >= 15 is 0 Å². The van der Waals surface area contributed by atoms with Crippen LogP contribution in [0.15, 0.2) is 39.9 Å². The molecule has 2 aromatic rings. The van der Waals surface area contributed by atoms with E-state index in [1.807, 2.05) is 6.92 Å². The van der Waals surface area contributed by atoms with Gasteiger partial charge in [0, 0.05) is 13.1 Å². The van der Waals surface area contributed by atoms with Crippen LogP contribution in [0.5, 0.6) is 11.5 Å². The molecule has 0 atom stereocenters. The first-order valence-corrected chi connectivity index (χ1v) is 10.1. The Morgan fingerprint density at radius 1 is 1.27 bits per heavy atom. The van der Waals surface area contributed by atoms with E-state index < -0.39 is 5.91 Å². The molecule has 1 N–H and O–H groups in total. The highest BCUT2D eigenvalue weighted by Gasteiger charge is 2.34. The summed E-state index contributed by atoms with van der Waals surface area (Å²) < 4.78 is 15.9. The van der Waals surface area contributed by atoms with E-state index in [2.05, 4.69) is 5.32 Å². The first-order valence-electron chi connectivity index (χ1n) is 9.33. The van der Waals surface area contributed by atoms with E-state index in [4.69, 9.17) is 13.9 Å². The molecule has 0 saturated carbocycles. The number of hydrogen-bond donors (Lipinski definition) is 1. The predicted molar refractivity (Wildman–Crippen MR) is 113 cm³/mol. The third-order valence-corrected chi connectivity index (χ3v) is 5.29. The van der Waals surface area contributed by atoms with E-state index in [-0.39, 0.29) is 24.2 Å². The number of aryl methyl sites for hydroxylation is 1. The van der Waals surface area contributed by atoms with Crippen LogP contribution in [0.4, 0.5) is 4.79 Å². The average molecular weight is 430 g/mol. The number of nitrogens with one attached hydrogen (secondary N) is 1. The summed E-state index contributed by atoms with van der Waals surface area (Å²) in [5, 5.41) is 2.31. The molecule has 1 aliphatic heterocycles. The summed E-state index contributed by atoms with van der Waals surface area (Å²) >= 11 is 0.862. The first-order chi connectivity index (χ1) is 14.4. The molecule has 9 heteroatoms. The van der Waals surface area contributed by atoms with Crippen molar-refractivity contribution in [2.45, 2.75) is 13.8 Å². The highest BCUT2D eigenvalue weighted by Crippen LogP contribution is 2.34. The molecule has 0 radical (unpaired) electrons. The van der Waals surface area contributed by atoms with Crippen LogP contribution in [-0.2, 0) is 4.79 Å². The molecular formula is C21H22N2O6S. The Labute approximate surface area is 178 Å². The predicted octanol–water partition coefficient (Wildman–Crippen LogP) is 3.46. The average Bonchev–Trinajstić information content (AvgIpc) is 3.27. The number of imide groups is 1. The fraction of sp³-hybridized carbons (Fsp3) is 0.286. The molecule has 3 rings (SSSR count). The second-order valence-corrected chi connectivity index (χ2v) is 7.32. The molecule has 0 bridgehead atoms. The quantitative estimate of drug-likeness (QED) is 0.641. The number of benzene rings is 1. The monoisotopic (exact) mass is 430 g/mol. The van der Waals surface area contributed by atoms with Crippen molar-refractivity contribution in [1.82, 2.24) is 10.2 Å². The van der Waals surface area contributed by atoms with E-state index in [9.17, 15) is 14.4 Å². The van der Waals surface area contributed by atoms with Crippen LogP contribution >= 0.6 is 11.8 Å². The van der Waals surface area contributed by atoms with Crippen molar-refractivity contribution >= 4 is 34.9 Å². The number of methoxy groups -OCH3 is 1. The van der Waals surface area contributed by atoms with Crippen molar-refractivity contribution in [3.05, 3.63) is 52.3 Å². The van der Waals surface area contributed by atoms with Crippen LogP contribution < -0.4 is 14.8 Å². The minimum atomic E-state index is -0.397. The molecule has 8 nitrogen and oxygen atoms in total. The maximum atomic E-state index is 12.6. The summed E-state index contributed by atoms with van der Waals surface area (Å²) in [7, 11) is 1.54. The van der Waals surface area contributed by atoms with Gasteiger partial charge in [0.1, 0.15) is 5.76 Å². The van der Waals surface area contributed by atoms with Gasteiger partial charge < -0.3 is 19.2 Å². The second kappa shape index (κ2) is 9.53. The van der Waals surface area contributed by atoms with Crippen LogP contribution in [0.25, 0.3) is 6.08 Å². The maximum absolute atomic E-state index is 12.6. The van der Waals surface area contributed by atoms with Gasteiger partial charge in [-0.25, -0.2) is 0 Å². The van der Waals surface area contributed by atoms with Gasteiger partial charge in [-0.3, -0.25) is 19.3 Å². The lowest BCUT2D eigenvalue weighted by Crippen LogP contribution is -2.37. The fourth-order valence-electron chi connectivity index (χ4n) is 2.89. The van der Waals surface area contributed by atoms with Gasteiger partial charge in [-0.15, -0.1) is 0 Å². The Hall–Kier alpha value is -3.20. The number of amides is 3. The summed E-state index contributed by atoms with van der Waals surface area (Å²) in [4.78, 5) is 38.4. The summed E-state index contributed by atoms with van der Waals surface area (Å²) in [5.74, 6) is 0.945. The van der Waals surface area contributed by atoms with Gasteiger partial charge in [0.15, 0.2) is 11.5 Å². The van der Waals surface area contributed by atoms with Gasteiger partial charge in [-0.1, -0.05) is 6.07 Å². The van der Waals surface area contributed by atoms with E-state index in [0.29, 0.717) is 39.9 Å². The first kappa shape index (κ1) is 21.5. The molecule has 1 aromatic heterocycles. The molecule has 3 amide bonds. The van der Waals surface area contributed by atoms with Crippen LogP contribution in [0, 0.1) is 6.92 Å². The number of thioether (sulfide) groups is 1. The molecule has 1 saturated heterocycles. The molecule has 1 fully saturated rings. The lowest BCUT2D eigenvalue weighted by atomic mass is 10.2. The van der Waals surface area contributed by atoms with Crippen LogP contribution in [0.3, 0.4) is 0 Å². The van der Waals surface area contributed by atoms with Crippen molar-refractivity contribution in [3.63, 3.8) is 0 Å². The summed E-state index contributed by atoms with van der Waals surface area (Å²) in [6, 6.07) is 6.85. The zero-order valence-electron chi connectivity index (χ0n) is 16.9. The van der Waals surface area contributed by atoms with E-state index in [1.165, 1.54) is 13.4 Å². The van der Waals surface area contributed by atoms with Gasteiger partial charge in [0.05, 0.1) is 30.4 Å². The molecule has 0 unspecified atom stereocenters. The third kappa shape index (κ3) is 4.68. The zero-order valence-corrected chi connectivity index (χ0v) is 17.7. The number of rotatable bonds is 8. The van der Waals surface area contributed by atoms with Crippen molar-refractivity contribution in [3.8, 4) is 11.5 Å². The molecule has 30 heavy (non-hydrogen) atoms. The number of carbonyl (C=O) groups is 3. The van der Waals surface area contributed by atoms with Crippen LogP contribution in [-0.4, -0.2) is 48.8 Å². The van der Waals surface area contributed by atoms with E-state index in [1.54, 1.807) is 37.3 Å². The van der Waals surface area contributed by atoms with Crippen molar-refractivity contribution in [2.75, 3.05) is 26.8 Å². The Morgan fingerprint density at radius 2 is 2.07 bits per heavy atom. The second-order valence-electron chi connectivity index (χ2n) is 6.32. The molecule has 0 spiro atoms. The maximum Gasteiger partial charge on any atom is 0.293 e. The Balaban J connectivity index is 1.64. The van der Waals surface area contributed by atoms with Crippen molar-refractivity contribution in [1.29, 1.82) is 0 Å². The highest BCUT2D eigenvalue weighted by molar-refractivity contribution is 8.18. The number of carbonyl (C=O) groups excluding carboxylic acids is 3. The lowest BCUT2D eigenvalue weighted by molar-refractivity contribution is -0.122. The summed E-state index contributed by atoms with van der Waals surface area (Å²) in [5.41, 5.74) is 1.14. The Morgan fingerprint density at radius 3 is 2.73 bits per heavy atom. The van der Waals surface area contributed by atoms with Crippen molar-refractivity contribution in [2.24, 2.45) is 0 Å². The SMILES string of the molecule is CCOc1ccc(/C=C2\SC(=O)N(CCNC(=O)c3ccoc3C)C2=O)cc1OC. The van der Waals surface area contributed by atoms with Crippen LogP contribution in [0.2, 0.25) is 0 Å². The standard InChI is InChI=1S/C21H22N2O6S/c1-4-28-16-6-5-14(11-17(16)27-3)12-18-20(25)23(21(26)30-18)9-8-22-19(24)15-7-10-29-13(15)2/h5-7,10-12H,4,8-9H2,1-3H3,(H,22,24)/b18-12-. The lowest BCUT2D eigenvalue weighted by Gasteiger charge is -2.13. The smallest absolute Gasteiger partial charge is 0.293 e. The minimum absolute atomic E-state index is 0.0806. The molecular weight excluding hydrogens is 408 g/mol. The minimum Gasteiger partial charge on any atom is -0.493 e. The van der Waals surface area contributed by atoms with Gasteiger partial charge in [-0.05, 0) is 55.4 Å². The van der Waals surface area contributed by atoms with Gasteiger partial charge in [-0.2, -0.15) is 0 Å². The Kier molecular flexibility index (Phi) is 6.83. The highest BCUT2D eigenvalue weighted by atomic mass is 32.2. The zero-order chi connectivity index (χ0) is 21.7. The number of nitrogens with zero attached hydrogens (tertiary/aromatic N) is 1. The van der Waals surface area contributed by atoms with Gasteiger partial charge in [0.2, 0.25) is 0 Å². The number of furan rings is 1. The molecule has 2 heterocycles. The summed E-state index contributed by atoms with van der Waals surface area (Å²) in [6.45, 7) is 4.29. The molecule has 0 aliphatic carbocycles. The molecule has 1 aliphatic rings. The topological polar surface area (TPSA) is 98.1 Å². The third-order valence-electron chi connectivity index (χ3n) is 4.38. The number of hydrogen-bond acceptors (Lipinski definition) is 7. The fourth-order valence-corrected chi connectivity index (χ4v) is 3.75. The normalized spacial score (nSPS) is 15.0. The van der Waals surface area contributed by atoms with E-state index in [0.717, 1.165) is 16.7 Å². The number of ether oxygens (including phenoxy) is 2. The molecule has 1 aromatic carbocycles. The summed E-state index contributed by atoms with van der Waals surface area (Å²) in [6.07, 6.45) is 3.07. The molecule has 158 valence electrons. The van der Waals surface area contributed by atoms with Gasteiger partial charge in [0.25, 0.3) is 17.1 Å². The Bertz CT molecular complexity index is 997. The van der Waals surface area contributed by atoms with Crippen molar-refractivity contribution < 1.29 is 28.3 Å². The largest absolute Gasteiger partial charge is 0.493 e. The van der Waals surface area contributed by atoms with Gasteiger partial charge >= 0.3 is 0 Å². The van der Waals surface area contributed by atoms with Crippen LogP contribution in [0.1, 0.15) is 28.6 Å².